The summed E-state index contributed by atoms with van der Waals surface area (Å²) in [5, 5.41) is 8.32. The van der Waals surface area contributed by atoms with Crippen molar-refractivity contribution in [3.05, 3.63) is 145 Å². The third-order valence-electron chi connectivity index (χ3n) is 12.2. The van der Waals surface area contributed by atoms with Crippen LogP contribution in [0.2, 0.25) is 0 Å². The summed E-state index contributed by atoms with van der Waals surface area (Å²) in [7, 11) is 6.51. The Morgan fingerprint density at radius 1 is 0.409 bits per heavy atom. The second kappa shape index (κ2) is 21.0. The average Bonchev–Trinajstić information content (AvgIpc) is 3.36. The molecule has 9 rings (SSSR count). The number of aliphatic imine (C=N–C) groups is 2. The van der Waals surface area contributed by atoms with Crippen molar-refractivity contribution in [2.75, 3.05) is 55.6 Å². The molecule has 1 aliphatic rings. The summed E-state index contributed by atoms with van der Waals surface area (Å²) < 4.78 is 47.6. The van der Waals surface area contributed by atoms with E-state index < -0.39 is 0 Å². The minimum absolute atomic E-state index is 0.0432. The van der Waals surface area contributed by atoms with Crippen molar-refractivity contribution in [3.63, 3.8) is 0 Å². The van der Waals surface area contributed by atoms with Crippen LogP contribution in [0.3, 0.4) is 0 Å². The SMILES string of the molecule is COCOc1ccc2ccccc2c1-c1c(OCOC)c(C=N[C@H]2CCCC[C@@H]2N=Cc2cc3ccccc3c(-c3c(OCOC)ccc4ccccc34)c2OCOC)cc2ccccc12. The lowest BCUT2D eigenvalue weighted by atomic mass is 9.89. The van der Waals surface area contributed by atoms with E-state index in [0.717, 1.165) is 102 Å². The summed E-state index contributed by atoms with van der Waals surface area (Å²) in [5.74, 6) is 2.67. The van der Waals surface area contributed by atoms with Gasteiger partial charge in [-0.15, -0.1) is 0 Å². The van der Waals surface area contributed by atoms with E-state index in [-0.39, 0.29) is 39.3 Å². The molecule has 0 heterocycles. The molecule has 0 N–H and O–H groups in total. The van der Waals surface area contributed by atoms with E-state index >= 15 is 0 Å². The lowest BCUT2D eigenvalue weighted by Crippen LogP contribution is -2.27. The van der Waals surface area contributed by atoms with Crippen LogP contribution >= 0.6 is 0 Å². The molecule has 8 aromatic carbocycles. The van der Waals surface area contributed by atoms with E-state index in [2.05, 4.69) is 84.9 Å². The van der Waals surface area contributed by atoms with Gasteiger partial charge in [0, 0.05) is 74.2 Å². The first-order chi connectivity index (χ1) is 32.6. The van der Waals surface area contributed by atoms with Crippen molar-refractivity contribution in [3.8, 4) is 45.3 Å². The molecule has 2 atom stereocenters. The summed E-state index contributed by atoms with van der Waals surface area (Å²) in [6, 6.07) is 45.5. The van der Waals surface area contributed by atoms with Crippen LogP contribution in [0.25, 0.3) is 65.3 Å². The topological polar surface area (TPSA) is 98.6 Å². The zero-order valence-electron chi connectivity index (χ0n) is 37.8. The molecule has 66 heavy (non-hydrogen) atoms. The molecule has 1 saturated carbocycles. The van der Waals surface area contributed by atoms with E-state index in [1.165, 1.54) is 0 Å². The Morgan fingerprint density at radius 2 is 0.758 bits per heavy atom. The first-order valence-corrected chi connectivity index (χ1v) is 22.3. The molecule has 0 aliphatic heterocycles. The monoisotopic (exact) mass is 882 g/mol. The first-order valence-electron chi connectivity index (χ1n) is 22.3. The van der Waals surface area contributed by atoms with Crippen LogP contribution in [0.5, 0.6) is 23.0 Å². The van der Waals surface area contributed by atoms with Gasteiger partial charge in [-0.25, -0.2) is 0 Å². The Hall–Kier alpha value is -6.82. The average molecular weight is 883 g/mol. The van der Waals surface area contributed by atoms with Gasteiger partial charge in [-0.05, 0) is 80.2 Å². The molecular weight excluding hydrogens is 829 g/mol. The smallest absolute Gasteiger partial charge is 0.188 e. The highest BCUT2D eigenvalue weighted by Crippen LogP contribution is 2.49. The van der Waals surface area contributed by atoms with E-state index in [4.69, 9.17) is 47.9 Å². The number of methoxy groups -OCH3 is 4. The standard InChI is InChI=1S/C56H54N2O8/c1-59-33-63-49-27-25-37-15-5-9-19-43(37)51(49)53-45-21-11-7-17-39(45)29-41(55(53)65-35-61-3)31-57-47-23-13-14-24-48(47)58-32-42-30-40-18-8-12-22-46(40)54(56(42)66-36-62-4)52-44-20-10-6-16-38(44)26-28-50(52)64-34-60-2/h5-12,15-22,25-32,47-48H,13-14,23-24,33-36H2,1-4H3/t47-,48-/m0/s1. The summed E-state index contributed by atoms with van der Waals surface area (Å²) >= 11 is 0. The molecule has 10 nitrogen and oxygen atoms in total. The second-order valence-electron chi connectivity index (χ2n) is 16.3. The molecule has 0 saturated heterocycles. The maximum Gasteiger partial charge on any atom is 0.188 e. The van der Waals surface area contributed by atoms with E-state index in [1.54, 1.807) is 28.4 Å². The predicted octanol–water partition coefficient (Wildman–Crippen LogP) is 12.4. The van der Waals surface area contributed by atoms with Crippen molar-refractivity contribution in [1.82, 2.24) is 0 Å². The Bertz CT molecular complexity index is 2830. The van der Waals surface area contributed by atoms with Crippen LogP contribution in [0, 0.1) is 0 Å². The highest BCUT2D eigenvalue weighted by atomic mass is 16.7. The van der Waals surface area contributed by atoms with Gasteiger partial charge in [0.2, 0.25) is 0 Å². The Kier molecular flexibility index (Phi) is 14.1. The molecule has 336 valence electrons. The lowest BCUT2D eigenvalue weighted by Gasteiger charge is -2.26. The van der Waals surface area contributed by atoms with Gasteiger partial charge < -0.3 is 37.9 Å². The van der Waals surface area contributed by atoms with Crippen LogP contribution in [-0.4, -0.2) is 80.1 Å². The second-order valence-corrected chi connectivity index (χ2v) is 16.3. The maximum absolute atomic E-state index is 6.58. The quantitative estimate of drug-likeness (QED) is 0.0621. The van der Waals surface area contributed by atoms with Crippen molar-refractivity contribution in [2.24, 2.45) is 9.98 Å². The summed E-state index contributed by atoms with van der Waals surface area (Å²) in [6.07, 6.45) is 7.80. The highest BCUT2D eigenvalue weighted by molar-refractivity contribution is 6.14. The Morgan fingerprint density at radius 3 is 1.15 bits per heavy atom. The van der Waals surface area contributed by atoms with E-state index in [9.17, 15) is 0 Å². The van der Waals surface area contributed by atoms with Gasteiger partial charge in [0.05, 0.1) is 12.1 Å². The molecule has 1 fully saturated rings. The molecule has 0 unspecified atom stereocenters. The molecular formula is C56H54N2O8. The van der Waals surface area contributed by atoms with Gasteiger partial charge in [0.15, 0.2) is 27.2 Å². The summed E-state index contributed by atoms with van der Waals surface area (Å²) in [5.41, 5.74) is 5.26. The third-order valence-corrected chi connectivity index (χ3v) is 12.2. The van der Waals surface area contributed by atoms with Crippen LogP contribution in [0.15, 0.2) is 143 Å². The molecule has 10 heteroatoms. The van der Waals surface area contributed by atoms with Crippen molar-refractivity contribution >= 4 is 55.5 Å². The predicted molar refractivity (Wildman–Crippen MR) is 265 cm³/mol. The molecule has 0 radical (unpaired) electrons. The van der Waals surface area contributed by atoms with Gasteiger partial charge in [-0.1, -0.05) is 122 Å². The third kappa shape index (κ3) is 9.18. The molecule has 8 aromatic rings. The number of nitrogens with zero attached hydrogens (tertiary/aromatic N) is 2. The van der Waals surface area contributed by atoms with Gasteiger partial charge in [0.1, 0.15) is 23.0 Å². The highest BCUT2D eigenvalue weighted by Gasteiger charge is 2.27. The molecule has 0 aromatic heterocycles. The Balaban J connectivity index is 1.16. The van der Waals surface area contributed by atoms with Crippen LogP contribution < -0.4 is 18.9 Å². The van der Waals surface area contributed by atoms with Crippen molar-refractivity contribution < 1.29 is 37.9 Å². The van der Waals surface area contributed by atoms with Crippen LogP contribution in [0.1, 0.15) is 36.8 Å². The van der Waals surface area contributed by atoms with Crippen molar-refractivity contribution in [2.45, 2.75) is 37.8 Å². The zero-order valence-corrected chi connectivity index (χ0v) is 37.8. The fourth-order valence-electron chi connectivity index (χ4n) is 9.23. The lowest BCUT2D eigenvalue weighted by molar-refractivity contribution is 0.0501. The maximum atomic E-state index is 6.58. The van der Waals surface area contributed by atoms with Gasteiger partial charge in [0.25, 0.3) is 0 Å². The van der Waals surface area contributed by atoms with E-state index in [0.29, 0.717) is 23.0 Å². The first kappa shape index (κ1) is 44.4. The molecule has 1 aliphatic carbocycles. The number of fused-ring (bicyclic) bond motifs is 4. The zero-order chi connectivity index (χ0) is 45.2. The van der Waals surface area contributed by atoms with Gasteiger partial charge in [-0.2, -0.15) is 0 Å². The van der Waals surface area contributed by atoms with Gasteiger partial charge >= 0.3 is 0 Å². The number of hydrogen-bond donors (Lipinski definition) is 0. The largest absolute Gasteiger partial charge is 0.467 e. The minimum atomic E-state index is -0.0891. The van der Waals surface area contributed by atoms with Crippen molar-refractivity contribution in [1.29, 1.82) is 0 Å². The summed E-state index contributed by atoms with van der Waals surface area (Å²) in [6.45, 7) is 0.273. The normalized spacial score (nSPS) is 15.4. The minimum Gasteiger partial charge on any atom is -0.467 e. The number of benzene rings is 8. The molecule has 0 amide bonds. The van der Waals surface area contributed by atoms with Gasteiger partial charge in [-0.3, -0.25) is 9.98 Å². The molecule has 0 spiro atoms. The Labute approximate surface area is 385 Å². The number of rotatable bonds is 18. The fraction of sp³-hybridized carbons (Fsp3) is 0.250. The fourth-order valence-corrected chi connectivity index (χ4v) is 9.23. The number of ether oxygens (including phenoxy) is 8. The summed E-state index contributed by atoms with van der Waals surface area (Å²) in [4.78, 5) is 10.7. The van der Waals surface area contributed by atoms with Crippen LogP contribution in [0.4, 0.5) is 0 Å². The van der Waals surface area contributed by atoms with Crippen LogP contribution in [-0.2, 0) is 18.9 Å². The molecule has 0 bridgehead atoms. The number of hydrogen-bond acceptors (Lipinski definition) is 10. The van der Waals surface area contributed by atoms with E-state index in [1.807, 2.05) is 61.0 Å².